The number of carbonyl (C=O) groups is 1. The molecule has 0 atom stereocenters. The molecule has 0 aliphatic carbocycles. The Hall–Kier alpha value is -2.64. The highest BCUT2D eigenvalue weighted by molar-refractivity contribution is 6.08. The number of nitrogens with one attached hydrogen (secondary N) is 1. The number of hydrogen-bond donors (Lipinski definition) is 1. The van der Waals surface area contributed by atoms with Crippen molar-refractivity contribution in [1.82, 2.24) is 5.43 Å². The van der Waals surface area contributed by atoms with Crippen LogP contribution in [0.1, 0.15) is 0 Å². The summed E-state index contributed by atoms with van der Waals surface area (Å²) in [6.07, 6.45) is 0. The van der Waals surface area contributed by atoms with Crippen molar-refractivity contribution in [2.24, 2.45) is 5.10 Å². The van der Waals surface area contributed by atoms with Crippen LogP contribution in [0.2, 0.25) is 0 Å². The molecule has 0 saturated heterocycles. The van der Waals surface area contributed by atoms with Gasteiger partial charge in [-0.2, -0.15) is 5.10 Å². The Labute approximate surface area is 101 Å². The van der Waals surface area contributed by atoms with Crippen molar-refractivity contribution in [2.45, 2.75) is 0 Å². The van der Waals surface area contributed by atoms with E-state index in [1.807, 2.05) is 0 Å². The van der Waals surface area contributed by atoms with E-state index in [9.17, 15) is 14.9 Å². The fraction of sp³-hybridized carbons (Fsp3) is 0.200. The molecule has 3 rings (SSSR count). The Balaban J connectivity index is 2.13. The van der Waals surface area contributed by atoms with Crippen LogP contribution in [0.4, 0.5) is 11.4 Å². The first kappa shape index (κ1) is 10.5. The fourth-order valence-electron chi connectivity index (χ4n) is 1.95. The Morgan fingerprint density at radius 3 is 3.11 bits per heavy atom. The first-order valence-electron chi connectivity index (χ1n) is 5.20. The van der Waals surface area contributed by atoms with E-state index >= 15 is 0 Å². The maximum Gasteiger partial charge on any atom is 0.313 e. The summed E-state index contributed by atoms with van der Waals surface area (Å²) in [6, 6.07) is 4.58. The second-order valence-electron chi connectivity index (χ2n) is 3.82. The summed E-state index contributed by atoms with van der Waals surface area (Å²) in [6.45, 7) is 0.175. The molecule has 0 aromatic heterocycles. The van der Waals surface area contributed by atoms with Gasteiger partial charge in [-0.05, 0) is 6.07 Å². The van der Waals surface area contributed by atoms with E-state index in [0.717, 1.165) is 0 Å². The SMILES string of the molecule is O=C1CN2C(=NN1)COc1c2cccc1[N+](=O)[O-]. The monoisotopic (exact) mass is 248 g/mol. The third kappa shape index (κ3) is 1.46. The molecule has 1 aromatic rings. The number of benzene rings is 1. The van der Waals surface area contributed by atoms with Crippen LogP contribution in [-0.4, -0.2) is 29.8 Å². The van der Waals surface area contributed by atoms with Gasteiger partial charge in [-0.1, -0.05) is 6.07 Å². The number of hydrogen-bond acceptors (Lipinski definition) is 6. The van der Waals surface area contributed by atoms with Crippen molar-refractivity contribution in [3.8, 4) is 5.75 Å². The number of nitro benzene ring substituents is 1. The summed E-state index contributed by atoms with van der Waals surface area (Å²) in [5, 5.41) is 14.7. The highest BCUT2D eigenvalue weighted by atomic mass is 16.6. The number of rotatable bonds is 1. The van der Waals surface area contributed by atoms with E-state index in [1.54, 1.807) is 17.0 Å². The minimum Gasteiger partial charge on any atom is -0.477 e. The topological polar surface area (TPSA) is 97.1 Å². The maximum atomic E-state index is 11.3. The summed E-state index contributed by atoms with van der Waals surface area (Å²) in [5.74, 6) is 0.442. The molecule has 0 fully saturated rings. The Bertz CT molecular complexity index is 583. The lowest BCUT2D eigenvalue weighted by Gasteiger charge is -2.33. The molecule has 8 nitrogen and oxygen atoms in total. The molecule has 1 aromatic carbocycles. The standard InChI is InChI=1S/C10H8N4O4/c15-9-4-13-6-2-1-3-7(14(16)17)10(6)18-5-8(13)11-12-9/h1-3H,4-5H2,(H,12,15). The van der Waals surface area contributed by atoms with Crippen molar-refractivity contribution < 1.29 is 14.5 Å². The molecule has 1 N–H and O–H groups in total. The first-order valence-corrected chi connectivity index (χ1v) is 5.20. The third-order valence-corrected chi connectivity index (χ3v) is 2.73. The molecule has 92 valence electrons. The van der Waals surface area contributed by atoms with Crippen LogP contribution in [-0.2, 0) is 4.79 Å². The molecule has 0 saturated carbocycles. The molecular weight excluding hydrogens is 240 g/mol. The normalized spacial score (nSPS) is 17.0. The van der Waals surface area contributed by atoms with E-state index in [1.165, 1.54) is 6.07 Å². The lowest BCUT2D eigenvalue weighted by Crippen LogP contribution is -2.49. The zero-order valence-corrected chi connectivity index (χ0v) is 9.12. The average Bonchev–Trinajstić information content (AvgIpc) is 2.37. The minimum atomic E-state index is -0.509. The molecule has 0 radical (unpaired) electrons. The summed E-state index contributed by atoms with van der Waals surface area (Å²) in [4.78, 5) is 23.3. The molecule has 0 unspecified atom stereocenters. The Morgan fingerprint density at radius 1 is 1.50 bits per heavy atom. The highest BCUT2D eigenvalue weighted by Crippen LogP contribution is 2.40. The fourth-order valence-corrected chi connectivity index (χ4v) is 1.95. The van der Waals surface area contributed by atoms with Crippen LogP contribution < -0.4 is 15.1 Å². The number of carbonyl (C=O) groups excluding carboxylic acids is 1. The van der Waals surface area contributed by atoms with Gasteiger partial charge in [0.25, 0.3) is 5.91 Å². The molecule has 0 spiro atoms. The van der Waals surface area contributed by atoms with Gasteiger partial charge in [0, 0.05) is 6.07 Å². The molecule has 0 bridgehead atoms. The second-order valence-corrected chi connectivity index (χ2v) is 3.82. The van der Waals surface area contributed by atoms with E-state index in [0.29, 0.717) is 11.5 Å². The second kappa shape index (κ2) is 3.69. The van der Waals surface area contributed by atoms with E-state index in [4.69, 9.17) is 4.74 Å². The Kier molecular flexibility index (Phi) is 2.15. The first-order chi connectivity index (χ1) is 8.66. The number of hydrazone groups is 1. The number of ether oxygens (including phenoxy) is 1. The quantitative estimate of drug-likeness (QED) is 0.567. The van der Waals surface area contributed by atoms with Gasteiger partial charge < -0.3 is 9.64 Å². The van der Waals surface area contributed by atoms with Gasteiger partial charge in [0.15, 0.2) is 5.84 Å². The molecule has 1 amide bonds. The summed E-state index contributed by atoms with van der Waals surface area (Å²) >= 11 is 0. The molecule has 2 heterocycles. The van der Waals surface area contributed by atoms with Crippen LogP contribution in [0.15, 0.2) is 23.3 Å². The number of anilines is 1. The van der Waals surface area contributed by atoms with Crippen molar-refractivity contribution in [3.05, 3.63) is 28.3 Å². The summed E-state index contributed by atoms with van der Waals surface area (Å²) in [7, 11) is 0. The number of amidine groups is 1. The zero-order valence-electron chi connectivity index (χ0n) is 9.12. The molecule has 18 heavy (non-hydrogen) atoms. The molecule has 2 aliphatic heterocycles. The van der Waals surface area contributed by atoms with E-state index < -0.39 is 4.92 Å². The number of para-hydroxylation sites is 1. The van der Waals surface area contributed by atoms with Crippen LogP contribution in [0.25, 0.3) is 0 Å². The van der Waals surface area contributed by atoms with Gasteiger partial charge >= 0.3 is 5.69 Å². The number of nitrogens with zero attached hydrogens (tertiary/aromatic N) is 3. The predicted octanol–water partition coefficient (Wildman–Crippen LogP) is 0.237. The summed E-state index contributed by atoms with van der Waals surface area (Å²) in [5.41, 5.74) is 2.72. The zero-order chi connectivity index (χ0) is 12.7. The van der Waals surface area contributed by atoms with E-state index in [-0.39, 0.29) is 30.5 Å². The number of fused-ring (bicyclic) bond motifs is 3. The largest absolute Gasteiger partial charge is 0.477 e. The Morgan fingerprint density at radius 2 is 2.33 bits per heavy atom. The van der Waals surface area contributed by atoms with Crippen LogP contribution in [0.3, 0.4) is 0 Å². The van der Waals surface area contributed by atoms with Gasteiger partial charge in [-0.3, -0.25) is 14.9 Å². The van der Waals surface area contributed by atoms with Crippen molar-refractivity contribution in [1.29, 1.82) is 0 Å². The smallest absolute Gasteiger partial charge is 0.313 e. The van der Waals surface area contributed by atoms with Gasteiger partial charge in [0.2, 0.25) is 5.75 Å². The van der Waals surface area contributed by atoms with Gasteiger partial charge in [0.05, 0.1) is 10.6 Å². The predicted molar refractivity (Wildman–Crippen MR) is 61.5 cm³/mol. The molecule has 8 heteroatoms. The van der Waals surface area contributed by atoms with E-state index in [2.05, 4.69) is 10.5 Å². The van der Waals surface area contributed by atoms with Crippen LogP contribution >= 0.6 is 0 Å². The van der Waals surface area contributed by atoms with Crippen LogP contribution in [0.5, 0.6) is 5.75 Å². The summed E-state index contributed by atoms with van der Waals surface area (Å²) < 4.78 is 5.36. The number of nitro groups is 1. The minimum absolute atomic E-state index is 0.0797. The highest BCUT2D eigenvalue weighted by Gasteiger charge is 2.33. The lowest BCUT2D eigenvalue weighted by atomic mass is 10.2. The maximum absolute atomic E-state index is 11.3. The lowest BCUT2D eigenvalue weighted by molar-refractivity contribution is -0.385. The van der Waals surface area contributed by atoms with Crippen molar-refractivity contribution in [3.63, 3.8) is 0 Å². The number of amides is 1. The molecular formula is C10H8N4O4. The average molecular weight is 248 g/mol. The third-order valence-electron chi connectivity index (χ3n) is 2.73. The van der Waals surface area contributed by atoms with Gasteiger partial charge in [-0.25, -0.2) is 5.43 Å². The molecule has 2 aliphatic rings. The van der Waals surface area contributed by atoms with Gasteiger partial charge in [-0.15, -0.1) is 0 Å². The van der Waals surface area contributed by atoms with Crippen molar-refractivity contribution >= 4 is 23.1 Å². The van der Waals surface area contributed by atoms with Crippen LogP contribution in [0, 0.1) is 10.1 Å². The van der Waals surface area contributed by atoms with Crippen molar-refractivity contribution in [2.75, 3.05) is 18.1 Å². The van der Waals surface area contributed by atoms with Gasteiger partial charge in [0.1, 0.15) is 13.2 Å².